The number of methoxy groups -OCH3 is 1. The van der Waals surface area contributed by atoms with Crippen LogP contribution in [0.1, 0.15) is 85.3 Å². The Morgan fingerprint density at radius 1 is 0.738 bits per heavy atom. The minimum absolute atomic E-state index is 0.0402. The van der Waals surface area contributed by atoms with Crippen LogP contribution in [0.15, 0.2) is 48.6 Å². The molecular formula is C41H48N12O8. The average Bonchev–Trinajstić information content (AvgIpc) is 3.99. The van der Waals surface area contributed by atoms with Crippen LogP contribution in [0.25, 0.3) is 22.1 Å². The number of carbonyl (C=O) groups excluding carboxylic acids is 4. The number of rotatable bonds is 20. The first kappa shape index (κ1) is 43.2. The number of benzene rings is 2. The van der Waals surface area contributed by atoms with Gasteiger partial charge in [-0.1, -0.05) is 12.2 Å². The summed E-state index contributed by atoms with van der Waals surface area (Å²) >= 11 is 0. The monoisotopic (exact) mass is 836 g/mol. The van der Waals surface area contributed by atoms with Crippen LogP contribution in [0, 0.1) is 13.8 Å². The summed E-state index contributed by atoms with van der Waals surface area (Å²) in [4.78, 5) is 73.3. The molecule has 0 saturated heterocycles. The molecule has 0 atom stereocenters. The third kappa shape index (κ3) is 9.59. The number of carbonyl (C=O) groups is 5. The molecule has 4 amide bonds. The van der Waals surface area contributed by atoms with Gasteiger partial charge in [0.1, 0.15) is 22.7 Å². The predicted octanol–water partition coefficient (Wildman–Crippen LogP) is 3.83. The number of carboxylic acids is 1. The largest absolute Gasteiger partial charge is 0.491 e. The van der Waals surface area contributed by atoms with Crippen molar-refractivity contribution in [3.05, 3.63) is 88.0 Å². The van der Waals surface area contributed by atoms with E-state index in [1.54, 1.807) is 63.7 Å². The van der Waals surface area contributed by atoms with Gasteiger partial charge in [-0.3, -0.25) is 44.0 Å². The molecule has 0 aliphatic heterocycles. The number of aryl methyl sites for hydroxylation is 5. The number of allylic oxidation sites excluding steroid dienone is 2. The van der Waals surface area contributed by atoms with Gasteiger partial charge in [-0.15, -0.1) is 0 Å². The van der Waals surface area contributed by atoms with Gasteiger partial charge in [0, 0.05) is 63.9 Å². The molecule has 20 nitrogen and oxygen atoms in total. The zero-order valence-electron chi connectivity index (χ0n) is 34.5. The second-order valence-corrected chi connectivity index (χ2v) is 14.1. The van der Waals surface area contributed by atoms with Gasteiger partial charge in [-0.25, -0.2) is 9.97 Å². The lowest BCUT2D eigenvalue weighted by Crippen LogP contribution is -2.20. The third-order valence-electron chi connectivity index (χ3n) is 9.72. The molecule has 0 aliphatic carbocycles. The van der Waals surface area contributed by atoms with E-state index in [0.29, 0.717) is 82.3 Å². The highest BCUT2D eigenvalue weighted by Gasteiger charge is 2.24. The summed E-state index contributed by atoms with van der Waals surface area (Å²) in [6, 6.07) is 9.39. The number of aromatic nitrogens is 8. The Hall–Kier alpha value is -7.35. The zero-order valence-corrected chi connectivity index (χ0v) is 34.5. The van der Waals surface area contributed by atoms with Crippen molar-refractivity contribution in [1.29, 1.82) is 0 Å². The number of anilines is 2. The number of aliphatic carboxylic acids is 1. The molecule has 4 heterocycles. The molecular weight excluding hydrogens is 789 g/mol. The van der Waals surface area contributed by atoms with Crippen molar-refractivity contribution < 1.29 is 38.6 Å². The molecule has 0 spiro atoms. The minimum Gasteiger partial charge on any atom is -0.491 e. The smallest absolute Gasteiger partial charge is 0.303 e. The van der Waals surface area contributed by atoms with E-state index >= 15 is 0 Å². The molecule has 2 aromatic carbocycles. The molecule has 0 aliphatic rings. The van der Waals surface area contributed by atoms with Crippen molar-refractivity contribution in [2.24, 2.45) is 11.5 Å². The number of fused-ring (bicyclic) bond motifs is 2. The van der Waals surface area contributed by atoms with Crippen molar-refractivity contribution in [3.63, 3.8) is 0 Å². The maximum absolute atomic E-state index is 13.7. The normalized spacial score (nSPS) is 11.5. The van der Waals surface area contributed by atoms with Gasteiger partial charge in [0.05, 0.1) is 34.5 Å². The number of primary amides is 2. The topological polar surface area (TPSA) is 271 Å². The summed E-state index contributed by atoms with van der Waals surface area (Å²) in [7, 11) is 1.58. The Kier molecular flexibility index (Phi) is 13.3. The second kappa shape index (κ2) is 18.7. The van der Waals surface area contributed by atoms with Gasteiger partial charge in [-0.2, -0.15) is 10.2 Å². The van der Waals surface area contributed by atoms with Crippen LogP contribution in [0.5, 0.6) is 5.75 Å². The van der Waals surface area contributed by atoms with E-state index < -0.39 is 29.6 Å². The predicted molar refractivity (Wildman–Crippen MR) is 225 cm³/mol. The molecule has 61 heavy (non-hydrogen) atoms. The lowest BCUT2D eigenvalue weighted by atomic mass is 10.0. The van der Waals surface area contributed by atoms with Crippen molar-refractivity contribution in [2.45, 2.75) is 73.1 Å². The van der Waals surface area contributed by atoms with Crippen LogP contribution < -0.4 is 26.8 Å². The number of amides is 4. The molecule has 0 fully saturated rings. The molecule has 0 bridgehead atoms. The Morgan fingerprint density at radius 2 is 1.25 bits per heavy atom. The lowest BCUT2D eigenvalue weighted by Gasteiger charge is -2.13. The highest BCUT2D eigenvalue weighted by atomic mass is 16.5. The van der Waals surface area contributed by atoms with Crippen molar-refractivity contribution in [3.8, 4) is 5.75 Å². The Labute approximate surface area is 349 Å². The van der Waals surface area contributed by atoms with E-state index in [1.807, 2.05) is 13.8 Å². The standard InChI is InChI=1S/C41H48N12O8/c1-6-52-30(17-23(3)48-52)38(58)46-40-44-28-20-26(36(42)56)19-25(11-12-33(54)55)34(28)50(40)13-8-9-14-51-35-29(21-27(37(43)57)22-32(35)61-16-10-15-60-5)45-41(51)47-39(59)31-18-24(4)49-53(31)7-2/h8-9,17-22H,6-7,10-16H2,1-5H3,(H2,42,56)(H2,43,57)(H,54,55)(H,44,46,58)(H,45,47,59). The zero-order chi connectivity index (χ0) is 44.0. The minimum atomic E-state index is -1.05. The molecule has 0 radical (unpaired) electrons. The maximum atomic E-state index is 13.7. The van der Waals surface area contributed by atoms with Gasteiger partial charge >= 0.3 is 5.97 Å². The fourth-order valence-corrected chi connectivity index (χ4v) is 6.97. The molecule has 0 unspecified atom stereocenters. The first-order valence-corrected chi connectivity index (χ1v) is 19.6. The van der Waals surface area contributed by atoms with E-state index in [0.717, 1.165) is 0 Å². The first-order valence-electron chi connectivity index (χ1n) is 19.6. The summed E-state index contributed by atoms with van der Waals surface area (Å²) in [5, 5.41) is 24.1. The van der Waals surface area contributed by atoms with Crippen LogP contribution in [0.3, 0.4) is 0 Å². The van der Waals surface area contributed by atoms with Crippen LogP contribution >= 0.6 is 0 Å². The molecule has 0 saturated carbocycles. The number of nitrogens with zero attached hydrogens (tertiary/aromatic N) is 8. The van der Waals surface area contributed by atoms with Crippen molar-refractivity contribution in [2.75, 3.05) is 31.0 Å². The molecule has 7 N–H and O–H groups in total. The molecule has 4 aromatic heterocycles. The van der Waals surface area contributed by atoms with Crippen molar-refractivity contribution >= 4 is 63.6 Å². The number of imidazole rings is 2. The first-order chi connectivity index (χ1) is 29.2. The second-order valence-electron chi connectivity index (χ2n) is 14.1. The Bertz CT molecular complexity index is 2680. The molecule has 6 rings (SSSR count). The van der Waals surface area contributed by atoms with Crippen LogP contribution in [-0.4, -0.2) is 93.7 Å². The Morgan fingerprint density at radius 3 is 1.74 bits per heavy atom. The summed E-state index contributed by atoms with van der Waals surface area (Å²) in [6.45, 7) is 9.07. The van der Waals surface area contributed by atoms with E-state index in [-0.39, 0.29) is 55.6 Å². The fraction of sp³-hybridized carbons (Fsp3) is 0.341. The van der Waals surface area contributed by atoms with Gasteiger partial charge < -0.3 is 35.2 Å². The number of carboxylic acid groups (broad SMARTS) is 1. The lowest BCUT2D eigenvalue weighted by molar-refractivity contribution is -0.136. The molecule has 20 heteroatoms. The van der Waals surface area contributed by atoms with Crippen LogP contribution in [0.2, 0.25) is 0 Å². The summed E-state index contributed by atoms with van der Waals surface area (Å²) in [5.41, 5.74) is 15.7. The number of nitrogens with two attached hydrogens (primary N) is 2. The van der Waals surface area contributed by atoms with E-state index in [2.05, 4.69) is 25.8 Å². The highest BCUT2D eigenvalue weighted by Crippen LogP contribution is 2.32. The molecule has 320 valence electrons. The number of nitrogens with one attached hydrogen (secondary N) is 2. The van der Waals surface area contributed by atoms with Gasteiger partial charge in [0.25, 0.3) is 11.8 Å². The number of hydrogen-bond acceptors (Lipinski definition) is 11. The van der Waals surface area contributed by atoms with Gasteiger partial charge in [0.15, 0.2) is 0 Å². The highest BCUT2D eigenvalue weighted by molar-refractivity contribution is 6.05. The molecule has 6 aromatic rings. The summed E-state index contributed by atoms with van der Waals surface area (Å²) < 4.78 is 17.9. The summed E-state index contributed by atoms with van der Waals surface area (Å²) in [5.74, 6) is -2.84. The van der Waals surface area contributed by atoms with Crippen LogP contribution in [0.4, 0.5) is 11.9 Å². The van der Waals surface area contributed by atoms with E-state index in [1.165, 1.54) is 24.3 Å². The average molecular weight is 837 g/mol. The summed E-state index contributed by atoms with van der Waals surface area (Å²) in [6.07, 6.45) is 3.94. The van der Waals surface area contributed by atoms with Gasteiger partial charge in [0.2, 0.25) is 23.7 Å². The van der Waals surface area contributed by atoms with Gasteiger partial charge in [-0.05, 0) is 76.1 Å². The quantitative estimate of drug-likeness (QED) is 0.0543. The van der Waals surface area contributed by atoms with Crippen molar-refractivity contribution in [1.82, 2.24) is 38.7 Å². The third-order valence-corrected chi connectivity index (χ3v) is 9.72. The van der Waals surface area contributed by atoms with E-state index in [4.69, 9.17) is 25.9 Å². The number of ether oxygens (including phenoxy) is 2. The van der Waals surface area contributed by atoms with Crippen LogP contribution in [-0.2, 0) is 42.1 Å². The van der Waals surface area contributed by atoms with E-state index in [9.17, 15) is 29.1 Å². The SMILES string of the molecule is CCn1nc(C)cc1C(=O)Nc1nc2cc(C(N)=O)cc(CCC(=O)O)c2n1CC=CCn1c(NC(=O)c2cc(C)nn2CC)nc2cc(C(N)=O)cc(OCCCOC)c21. The maximum Gasteiger partial charge on any atom is 0.303 e. The fourth-order valence-electron chi connectivity index (χ4n) is 6.97. The Balaban J connectivity index is 1.43. The number of hydrogen-bond donors (Lipinski definition) is 5.